The summed E-state index contributed by atoms with van der Waals surface area (Å²) in [7, 11) is 1.56. The van der Waals surface area contributed by atoms with Crippen LogP contribution >= 0.6 is 0 Å². The fraction of sp³-hybridized carbons (Fsp3) is 0.480. The fourth-order valence-electron chi connectivity index (χ4n) is 4.19. The van der Waals surface area contributed by atoms with Crippen LogP contribution < -0.4 is 15.9 Å². The summed E-state index contributed by atoms with van der Waals surface area (Å²) >= 11 is 0. The maximum Gasteiger partial charge on any atom is 0.206 e. The number of carbonyl (C=O) groups excluding carboxylic acids is 2. The highest BCUT2D eigenvalue weighted by molar-refractivity contribution is 5.81. The smallest absolute Gasteiger partial charge is 0.206 e. The molecule has 0 atom stereocenters. The number of carbonyl (C=O) groups is 2. The van der Waals surface area contributed by atoms with E-state index in [2.05, 4.69) is 71.0 Å². The number of ketones is 1. The van der Waals surface area contributed by atoms with Gasteiger partial charge in [-0.2, -0.15) is 5.10 Å². The third kappa shape index (κ3) is 5.78. The molecule has 1 aliphatic carbocycles. The first-order valence-electron chi connectivity index (χ1n) is 11.2. The lowest BCUT2D eigenvalue weighted by Crippen LogP contribution is -2.29. The van der Waals surface area contributed by atoms with Crippen LogP contribution in [-0.2, 0) is 29.0 Å². The van der Waals surface area contributed by atoms with Gasteiger partial charge in [0.1, 0.15) is 5.78 Å². The Morgan fingerprint density at radius 1 is 1.31 bits per heavy atom. The zero-order chi connectivity index (χ0) is 23.3. The number of fused-ring (bicyclic) bond motifs is 2. The summed E-state index contributed by atoms with van der Waals surface area (Å²) in [5, 5.41) is 12.4. The molecular formula is C25H35N5O2. The Balaban J connectivity index is 0.000000668. The summed E-state index contributed by atoms with van der Waals surface area (Å²) in [4.78, 5) is 27.3. The lowest BCUT2D eigenvalue weighted by molar-refractivity contribution is -0.120. The van der Waals surface area contributed by atoms with Crippen molar-refractivity contribution in [2.45, 2.75) is 59.4 Å². The second-order valence-corrected chi connectivity index (χ2v) is 9.64. The number of aromatic amines is 2. The van der Waals surface area contributed by atoms with Crippen LogP contribution in [0, 0.1) is 5.41 Å². The molecule has 2 aromatic heterocycles. The predicted molar refractivity (Wildman–Crippen MR) is 128 cm³/mol. The molecule has 0 spiro atoms. The minimum atomic E-state index is 0.00847. The lowest BCUT2D eigenvalue weighted by atomic mass is 9.88. The highest BCUT2D eigenvalue weighted by atomic mass is 16.1. The molecule has 0 saturated heterocycles. The van der Waals surface area contributed by atoms with Gasteiger partial charge in [0.05, 0.1) is 23.5 Å². The average Bonchev–Trinajstić information content (AvgIpc) is 3.36. The molecule has 0 aromatic carbocycles. The van der Waals surface area contributed by atoms with E-state index in [1.165, 1.54) is 16.1 Å². The van der Waals surface area contributed by atoms with Crippen molar-refractivity contribution in [3.63, 3.8) is 0 Å². The van der Waals surface area contributed by atoms with Crippen molar-refractivity contribution in [2.75, 3.05) is 13.6 Å². The van der Waals surface area contributed by atoms with Gasteiger partial charge in [-0.1, -0.05) is 39.5 Å². The van der Waals surface area contributed by atoms with Crippen LogP contribution in [0.4, 0.5) is 0 Å². The van der Waals surface area contributed by atoms with Crippen LogP contribution in [0.1, 0.15) is 62.7 Å². The van der Waals surface area contributed by atoms with Crippen LogP contribution in [0.3, 0.4) is 0 Å². The summed E-state index contributed by atoms with van der Waals surface area (Å²) in [6.07, 6.45) is 9.24. The molecule has 0 unspecified atom stereocenters. The Morgan fingerprint density at radius 2 is 2.03 bits per heavy atom. The molecule has 3 heterocycles. The molecule has 172 valence electrons. The quantitative estimate of drug-likeness (QED) is 0.603. The first-order chi connectivity index (χ1) is 15.2. The minimum absolute atomic E-state index is 0.00847. The SMILES string of the molecule is C=C(c1cc2c([nH]1)=CCCC=2)N1CCc2[nH]nc(CC(=O)CC(C)(C)C)c2C1.CNC=O. The van der Waals surface area contributed by atoms with Gasteiger partial charge in [-0.15, -0.1) is 0 Å². The second-order valence-electron chi connectivity index (χ2n) is 9.64. The highest BCUT2D eigenvalue weighted by Crippen LogP contribution is 2.27. The number of H-pyrrole nitrogens is 2. The van der Waals surface area contributed by atoms with Crippen molar-refractivity contribution in [1.82, 2.24) is 25.4 Å². The van der Waals surface area contributed by atoms with Crippen molar-refractivity contribution in [2.24, 2.45) is 5.41 Å². The Morgan fingerprint density at radius 3 is 2.69 bits per heavy atom. The van der Waals surface area contributed by atoms with E-state index in [-0.39, 0.29) is 11.2 Å². The molecule has 0 radical (unpaired) electrons. The maximum absolute atomic E-state index is 12.5. The number of nitrogens with one attached hydrogen (secondary N) is 3. The van der Waals surface area contributed by atoms with Crippen molar-refractivity contribution >= 4 is 30.0 Å². The van der Waals surface area contributed by atoms with E-state index in [1.54, 1.807) is 7.05 Å². The summed E-state index contributed by atoms with van der Waals surface area (Å²) in [6, 6.07) is 2.20. The molecule has 3 N–H and O–H groups in total. The van der Waals surface area contributed by atoms with Crippen molar-refractivity contribution < 1.29 is 9.59 Å². The molecule has 2 aliphatic rings. The number of nitrogens with zero attached hydrogens (tertiary/aromatic N) is 2. The fourth-order valence-corrected chi connectivity index (χ4v) is 4.19. The number of hydrogen-bond donors (Lipinski definition) is 3. The Labute approximate surface area is 189 Å². The Bertz CT molecular complexity index is 1070. The molecule has 1 amide bonds. The number of aromatic nitrogens is 3. The third-order valence-electron chi connectivity index (χ3n) is 5.68. The van der Waals surface area contributed by atoms with E-state index < -0.39 is 0 Å². The minimum Gasteiger partial charge on any atom is -0.365 e. The van der Waals surface area contributed by atoms with E-state index in [1.807, 2.05) is 0 Å². The van der Waals surface area contributed by atoms with Crippen LogP contribution in [0.25, 0.3) is 17.8 Å². The monoisotopic (exact) mass is 437 g/mol. The zero-order valence-corrected chi connectivity index (χ0v) is 19.7. The van der Waals surface area contributed by atoms with Gasteiger partial charge in [0.2, 0.25) is 6.41 Å². The number of hydrogen-bond acceptors (Lipinski definition) is 4. The summed E-state index contributed by atoms with van der Waals surface area (Å²) in [5.41, 5.74) is 5.33. The summed E-state index contributed by atoms with van der Waals surface area (Å²) in [6.45, 7) is 12.3. The zero-order valence-electron chi connectivity index (χ0n) is 19.7. The standard InChI is InChI=1S/C23H30N4O.C2H5NO/c1-15(21-11-16-7-5-6-8-19(16)24-21)27-10-9-20-18(14-27)22(26-25-20)12-17(28)13-23(2,3)4;1-3-2-4/h7-8,11,24H,1,5-6,9-10,12-14H2,2-4H3,(H,25,26);2H,1H3,(H,3,4). The van der Waals surface area contributed by atoms with Crippen LogP contribution in [0.15, 0.2) is 12.6 Å². The van der Waals surface area contributed by atoms with E-state index in [0.29, 0.717) is 19.3 Å². The number of Topliss-reactive ketones (excluding diaryl/α,β-unsaturated/α-hetero) is 1. The molecule has 0 bridgehead atoms. The van der Waals surface area contributed by atoms with E-state index in [0.717, 1.165) is 55.1 Å². The molecule has 0 saturated carbocycles. The van der Waals surface area contributed by atoms with Gasteiger partial charge in [0, 0.05) is 49.6 Å². The molecule has 1 aliphatic heterocycles. The molecule has 7 heteroatoms. The van der Waals surface area contributed by atoms with Gasteiger partial charge in [-0.3, -0.25) is 14.7 Å². The molecule has 32 heavy (non-hydrogen) atoms. The van der Waals surface area contributed by atoms with E-state index in [9.17, 15) is 4.79 Å². The average molecular weight is 438 g/mol. The van der Waals surface area contributed by atoms with E-state index in [4.69, 9.17) is 4.79 Å². The van der Waals surface area contributed by atoms with Crippen LogP contribution in [0.2, 0.25) is 0 Å². The van der Waals surface area contributed by atoms with Gasteiger partial charge < -0.3 is 15.2 Å². The summed E-state index contributed by atoms with van der Waals surface area (Å²) < 4.78 is 0. The highest BCUT2D eigenvalue weighted by Gasteiger charge is 2.25. The molecule has 4 rings (SSSR count). The van der Waals surface area contributed by atoms with Crippen molar-refractivity contribution in [3.8, 4) is 0 Å². The Hall–Kier alpha value is -3.09. The first-order valence-corrected chi connectivity index (χ1v) is 11.2. The van der Waals surface area contributed by atoms with Gasteiger partial charge in [-0.25, -0.2) is 0 Å². The second kappa shape index (κ2) is 10.0. The topological polar surface area (TPSA) is 93.9 Å². The van der Waals surface area contributed by atoms with Crippen molar-refractivity contribution in [1.29, 1.82) is 0 Å². The van der Waals surface area contributed by atoms with Gasteiger partial charge >= 0.3 is 0 Å². The molecule has 2 aromatic rings. The van der Waals surface area contributed by atoms with Crippen molar-refractivity contribution in [3.05, 3.63) is 45.9 Å². The molecular weight excluding hydrogens is 402 g/mol. The predicted octanol–water partition coefficient (Wildman–Crippen LogP) is 2.03. The Kier molecular flexibility index (Phi) is 7.38. The van der Waals surface area contributed by atoms with Crippen LogP contribution in [0.5, 0.6) is 0 Å². The molecule has 0 fully saturated rings. The lowest BCUT2D eigenvalue weighted by Gasteiger charge is -2.30. The number of amides is 1. The molecule has 7 nitrogen and oxygen atoms in total. The number of rotatable bonds is 6. The van der Waals surface area contributed by atoms with Crippen LogP contribution in [-0.4, -0.2) is 45.9 Å². The van der Waals surface area contributed by atoms with Gasteiger partial charge in [-0.05, 0) is 29.5 Å². The third-order valence-corrected chi connectivity index (χ3v) is 5.68. The normalized spacial score (nSPS) is 14.7. The first kappa shape index (κ1) is 23.6. The van der Waals surface area contributed by atoms with Gasteiger partial charge in [0.15, 0.2) is 0 Å². The largest absolute Gasteiger partial charge is 0.365 e. The van der Waals surface area contributed by atoms with E-state index >= 15 is 0 Å². The van der Waals surface area contributed by atoms with Gasteiger partial charge in [0.25, 0.3) is 0 Å². The summed E-state index contributed by atoms with van der Waals surface area (Å²) in [5.74, 6) is 0.251. The maximum atomic E-state index is 12.5.